The lowest BCUT2D eigenvalue weighted by Crippen LogP contribution is -2.28. The summed E-state index contributed by atoms with van der Waals surface area (Å²) in [6, 6.07) is 16.8. The number of unbranched alkanes of at least 4 members (excludes halogenated alkanes) is 2. The van der Waals surface area contributed by atoms with Gasteiger partial charge in [0.05, 0.1) is 17.7 Å². The lowest BCUT2D eigenvalue weighted by atomic mass is 10.2. The number of rotatable bonds is 10. The maximum Gasteiger partial charge on any atom is 0.313 e. The van der Waals surface area contributed by atoms with E-state index in [0.29, 0.717) is 6.67 Å². The molecule has 0 spiro atoms. The van der Waals surface area contributed by atoms with Gasteiger partial charge in [-0.15, -0.1) is 10.2 Å². The zero-order chi connectivity index (χ0) is 24.8. The highest BCUT2D eigenvalue weighted by Gasteiger charge is 2.19. The Morgan fingerprint density at radius 2 is 1.80 bits per heavy atom. The number of fused-ring (bicyclic) bond motifs is 2. The first kappa shape index (κ1) is 25.0. The van der Waals surface area contributed by atoms with Gasteiger partial charge in [0, 0.05) is 15.2 Å². The highest BCUT2D eigenvalue weighted by Crippen LogP contribution is 2.40. The van der Waals surface area contributed by atoms with Crippen LogP contribution in [0.1, 0.15) is 50.0 Å². The minimum absolute atomic E-state index is 0.000817. The van der Waals surface area contributed by atoms with E-state index >= 15 is 0 Å². The number of benzene rings is 2. The summed E-state index contributed by atoms with van der Waals surface area (Å²) in [6.07, 6.45) is 4.40. The fraction of sp³-hybridized carbons (Fsp3) is 0.333. The Morgan fingerprint density at radius 1 is 1.06 bits per heavy atom. The van der Waals surface area contributed by atoms with Crippen LogP contribution >= 0.6 is 15.9 Å². The van der Waals surface area contributed by atoms with E-state index in [1.807, 2.05) is 53.1 Å². The van der Waals surface area contributed by atoms with Crippen LogP contribution in [-0.2, 0) is 6.67 Å². The first-order valence-electron chi connectivity index (χ1n) is 12.1. The van der Waals surface area contributed by atoms with Crippen molar-refractivity contribution in [2.45, 2.75) is 46.2 Å². The van der Waals surface area contributed by atoms with Crippen molar-refractivity contribution >= 4 is 49.3 Å². The third-order valence-electron chi connectivity index (χ3n) is 6.03. The smallest absolute Gasteiger partial charge is 0.313 e. The summed E-state index contributed by atoms with van der Waals surface area (Å²) < 4.78 is 2.70. The Labute approximate surface area is 213 Å². The van der Waals surface area contributed by atoms with Gasteiger partial charge >= 0.3 is 5.91 Å². The minimum Gasteiger partial charge on any atom is -0.493 e. The lowest BCUT2D eigenvalue weighted by Gasteiger charge is -2.23. The van der Waals surface area contributed by atoms with E-state index in [0.717, 1.165) is 65.1 Å². The maximum atomic E-state index is 12.8. The summed E-state index contributed by atoms with van der Waals surface area (Å²) in [6.45, 7) is 6.81. The number of para-hydroxylation sites is 1. The number of pyridine rings is 1. The molecule has 0 aliphatic heterocycles. The molecule has 0 aliphatic rings. The van der Waals surface area contributed by atoms with E-state index in [-0.39, 0.29) is 17.3 Å². The fourth-order valence-corrected chi connectivity index (χ4v) is 4.45. The van der Waals surface area contributed by atoms with Crippen LogP contribution < -0.4 is 0 Å². The Kier molecular flexibility index (Phi) is 8.25. The molecule has 4 aromatic rings. The number of halogens is 1. The van der Waals surface area contributed by atoms with Crippen LogP contribution in [0, 0.1) is 0 Å². The van der Waals surface area contributed by atoms with Crippen molar-refractivity contribution in [2.75, 3.05) is 13.1 Å². The molecular weight excluding hydrogens is 506 g/mol. The number of hydrogen-bond donors (Lipinski definition) is 1. The van der Waals surface area contributed by atoms with Gasteiger partial charge in [0.1, 0.15) is 5.69 Å². The third-order valence-corrected chi connectivity index (χ3v) is 6.52. The van der Waals surface area contributed by atoms with Crippen LogP contribution in [0.5, 0.6) is 5.88 Å². The molecule has 0 unspecified atom stereocenters. The van der Waals surface area contributed by atoms with Gasteiger partial charge in [-0.3, -0.25) is 14.3 Å². The summed E-state index contributed by atoms with van der Waals surface area (Å²) >= 11 is 3.51. The van der Waals surface area contributed by atoms with E-state index in [1.165, 1.54) is 0 Å². The van der Waals surface area contributed by atoms with Gasteiger partial charge in [0.25, 0.3) is 0 Å². The molecule has 0 radical (unpaired) electrons. The highest BCUT2D eigenvalue weighted by molar-refractivity contribution is 9.10. The highest BCUT2D eigenvalue weighted by atomic mass is 79.9. The van der Waals surface area contributed by atoms with Gasteiger partial charge < -0.3 is 5.11 Å². The number of aromatic hydroxyl groups is 1. The van der Waals surface area contributed by atoms with Crippen LogP contribution in [0.3, 0.4) is 0 Å². The fourth-order valence-electron chi connectivity index (χ4n) is 4.09. The Morgan fingerprint density at radius 3 is 2.54 bits per heavy atom. The Balaban J connectivity index is 1.67. The van der Waals surface area contributed by atoms with Crippen LogP contribution in [0.15, 0.2) is 69.3 Å². The molecule has 0 aliphatic carbocycles. The maximum absolute atomic E-state index is 12.8. The average Bonchev–Trinajstić information content (AvgIpc) is 3.13. The molecule has 182 valence electrons. The Bertz CT molecular complexity index is 1360. The molecule has 0 saturated carbocycles. The minimum atomic E-state index is -0.557. The number of amides is 1. The molecule has 0 saturated heterocycles. The van der Waals surface area contributed by atoms with Crippen molar-refractivity contribution in [1.29, 1.82) is 0 Å². The second kappa shape index (κ2) is 11.6. The van der Waals surface area contributed by atoms with E-state index in [2.05, 4.69) is 49.9 Å². The van der Waals surface area contributed by atoms with Crippen molar-refractivity contribution in [3.63, 3.8) is 0 Å². The molecule has 4 rings (SSSR count). The van der Waals surface area contributed by atoms with Gasteiger partial charge in [0.2, 0.25) is 5.88 Å². The predicted octanol–water partition coefficient (Wildman–Crippen LogP) is 7.44. The van der Waals surface area contributed by atoms with Crippen molar-refractivity contribution in [2.24, 2.45) is 10.2 Å². The van der Waals surface area contributed by atoms with Crippen LogP contribution in [0.2, 0.25) is 0 Å². The number of carbonyl (C=O) groups is 1. The first-order valence-corrected chi connectivity index (χ1v) is 12.9. The predicted molar refractivity (Wildman–Crippen MR) is 143 cm³/mol. The van der Waals surface area contributed by atoms with Gasteiger partial charge in [0.15, 0.2) is 5.69 Å². The first-order chi connectivity index (χ1) is 17.0. The third kappa shape index (κ3) is 5.77. The zero-order valence-corrected chi connectivity index (χ0v) is 21.7. The quantitative estimate of drug-likeness (QED) is 0.214. The summed E-state index contributed by atoms with van der Waals surface area (Å²) in [5.41, 5.74) is 2.05. The van der Waals surface area contributed by atoms with Crippen molar-refractivity contribution < 1.29 is 9.90 Å². The van der Waals surface area contributed by atoms with E-state index in [9.17, 15) is 9.90 Å². The largest absolute Gasteiger partial charge is 0.493 e. The van der Waals surface area contributed by atoms with Gasteiger partial charge in [-0.05, 0) is 56.3 Å². The summed E-state index contributed by atoms with van der Waals surface area (Å²) in [7, 11) is 0. The summed E-state index contributed by atoms with van der Waals surface area (Å²) in [5, 5.41) is 21.0. The van der Waals surface area contributed by atoms with Gasteiger partial charge in [-0.25, -0.2) is 4.98 Å². The Hall–Kier alpha value is -3.10. The van der Waals surface area contributed by atoms with Gasteiger partial charge in [-0.2, -0.15) is 0 Å². The molecule has 8 heteroatoms. The molecule has 0 fully saturated rings. The van der Waals surface area contributed by atoms with Crippen LogP contribution in [0.25, 0.3) is 21.8 Å². The topological polar surface area (TPSA) is 83.1 Å². The number of aromatic nitrogens is 2. The summed E-state index contributed by atoms with van der Waals surface area (Å²) in [4.78, 5) is 19.5. The second-order valence-corrected chi connectivity index (χ2v) is 9.54. The average molecular weight is 536 g/mol. The molecule has 0 atom stereocenters. The molecule has 7 nitrogen and oxygen atoms in total. The van der Waals surface area contributed by atoms with E-state index < -0.39 is 5.91 Å². The number of hydrogen-bond acceptors (Lipinski definition) is 5. The standard InChI is InChI=1S/C27H30BrN5O2/c1-3-5-15-32(16-6-4-2)18-33-24-14-12-20(28)17-21(24)25(27(33)35)30-31-26(34)23-13-11-19-9-7-8-10-22(19)29-23/h7-14,17,35H,3-6,15-16,18H2,1-2H3. The zero-order valence-electron chi connectivity index (χ0n) is 20.1. The van der Waals surface area contributed by atoms with E-state index in [1.54, 1.807) is 6.07 Å². The lowest BCUT2D eigenvalue weighted by molar-refractivity contribution is 0.0990. The molecule has 1 N–H and O–H groups in total. The van der Waals surface area contributed by atoms with Crippen molar-refractivity contribution in [3.8, 4) is 5.88 Å². The molecule has 2 heterocycles. The SMILES string of the molecule is CCCCN(CCCC)Cn1c(O)c(N=NC(=O)c2ccc3ccccc3n2)c2cc(Br)ccc21. The number of azo groups is 1. The molecule has 2 aromatic heterocycles. The van der Waals surface area contributed by atoms with Crippen LogP contribution in [-0.4, -0.2) is 38.6 Å². The van der Waals surface area contributed by atoms with Crippen molar-refractivity contribution in [3.05, 3.63) is 64.8 Å². The normalized spacial score (nSPS) is 11.9. The number of carbonyl (C=O) groups excluding carboxylic acids is 1. The molecular formula is C27H30BrN5O2. The van der Waals surface area contributed by atoms with Gasteiger partial charge in [-0.1, -0.05) is 66.9 Å². The van der Waals surface area contributed by atoms with E-state index in [4.69, 9.17) is 0 Å². The molecule has 0 bridgehead atoms. The molecule has 35 heavy (non-hydrogen) atoms. The molecule has 1 amide bonds. The van der Waals surface area contributed by atoms with Crippen molar-refractivity contribution in [1.82, 2.24) is 14.5 Å². The second-order valence-electron chi connectivity index (χ2n) is 8.62. The monoisotopic (exact) mass is 535 g/mol. The molecule has 2 aromatic carbocycles. The summed E-state index contributed by atoms with van der Waals surface area (Å²) in [5.74, 6) is -0.558. The number of nitrogens with zero attached hydrogens (tertiary/aromatic N) is 5. The van der Waals surface area contributed by atoms with Crippen LogP contribution in [0.4, 0.5) is 5.69 Å².